The Bertz CT molecular complexity index is 621. The van der Waals surface area contributed by atoms with E-state index < -0.39 is 31.4 Å². The summed E-state index contributed by atoms with van der Waals surface area (Å²) in [4.78, 5) is 19.7. The second-order valence-electron chi connectivity index (χ2n) is 4.60. The first kappa shape index (κ1) is 21.1. The van der Waals surface area contributed by atoms with Gasteiger partial charge >= 0.3 is 19.8 Å². The molecule has 0 unspecified atom stereocenters. The van der Waals surface area contributed by atoms with Crippen LogP contribution in [0.4, 0.5) is 23.9 Å². The zero-order valence-corrected chi connectivity index (χ0v) is 14.7. The summed E-state index contributed by atoms with van der Waals surface area (Å²) in [6.07, 6.45) is -4.08. The van der Waals surface area contributed by atoms with Crippen molar-refractivity contribution >= 4 is 19.6 Å². The largest absolute Gasteiger partial charge is 0.433 e. The molecule has 0 fully saturated rings. The molecule has 0 aliphatic heterocycles. The summed E-state index contributed by atoms with van der Waals surface area (Å²) in [5.74, 6) is -0.450. The van der Waals surface area contributed by atoms with Crippen LogP contribution in [0.1, 0.15) is 19.5 Å². The molecule has 1 rings (SSSR count). The van der Waals surface area contributed by atoms with E-state index in [1.54, 1.807) is 13.8 Å². The number of halogens is 3. The van der Waals surface area contributed by atoms with Gasteiger partial charge in [-0.15, -0.1) is 0 Å². The molecule has 2 amide bonds. The minimum Gasteiger partial charge on any atom is -0.314 e. The highest BCUT2D eigenvalue weighted by Gasteiger charge is 2.33. The van der Waals surface area contributed by atoms with Crippen LogP contribution >= 0.6 is 7.60 Å². The van der Waals surface area contributed by atoms with Gasteiger partial charge < -0.3 is 13.9 Å². The van der Waals surface area contributed by atoms with Gasteiger partial charge in [-0.1, -0.05) is 0 Å². The molecule has 0 spiro atoms. The smallest absolute Gasteiger partial charge is 0.314 e. The molecule has 1 heterocycles. The zero-order chi connectivity index (χ0) is 19.1. The number of anilines is 1. The van der Waals surface area contributed by atoms with Crippen molar-refractivity contribution in [2.45, 2.75) is 20.0 Å². The van der Waals surface area contributed by atoms with Crippen molar-refractivity contribution in [3.8, 4) is 0 Å². The molecule has 0 aliphatic carbocycles. The number of amides is 2. The maximum Gasteiger partial charge on any atom is 0.433 e. The first-order chi connectivity index (χ1) is 11.6. The highest BCUT2D eigenvalue weighted by atomic mass is 31.2. The van der Waals surface area contributed by atoms with Crippen molar-refractivity contribution in [1.29, 1.82) is 0 Å². The minimum absolute atomic E-state index is 0.128. The van der Waals surface area contributed by atoms with Crippen molar-refractivity contribution in [1.82, 2.24) is 20.3 Å². The fraction of sp³-hybridized carbons (Fsp3) is 0.583. The van der Waals surface area contributed by atoms with Crippen LogP contribution in [0.5, 0.6) is 0 Å². The average molecular weight is 385 g/mol. The van der Waals surface area contributed by atoms with E-state index in [0.717, 1.165) is 11.1 Å². The summed E-state index contributed by atoms with van der Waals surface area (Å²) < 4.78 is 60.1. The Labute approximate surface area is 142 Å². The number of carbonyl (C=O) groups excluding carboxylic acids is 1. The van der Waals surface area contributed by atoms with E-state index >= 15 is 0 Å². The molecule has 0 aliphatic rings. The Kier molecular flexibility index (Phi) is 7.59. The molecule has 0 bridgehead atoms. The van der Waals surface area contributed by atoms with Crippen molar-refractivity contribution in [3.63, 3.8) is 0 Å². The molecule has 13 heteroatoms. The van der Waals surface area contributed by atoms with Gasteiger partial charge in [0, 0.05) is 13.2 Å². The van der Waals surface area contributed by atoms with Crippen molar-refractivity contribution in [2.75, 3.05) is 32.0 Å². The molecule has 0 aromatic carbocycles. The second kappa shape index (κ2) is 8.97. The van der Waals surface area contributed by atoms with Gasteiger partial charge in [-0.25, -0.2) is 20.2 Å². The quantitative estimate of drug-likeness (QED) is 0.524. The predicted molar refractivity (Wildman–Crippen MR) is 82.7 cm³/mol. The van der Waals surface area contributed by atoms with Crippen LogP contribution in [0.3, 0.4) is 0 Å². The maximum atomic E-state index is 12.6. The molecular weight excluding hydrogens is 366 g/mol. The standard InChI is InChI=1S/C12H19F3N5O4P/c1-4-23-25(22,24-5-2)8-20(3)11(21)19-18-10-16-7-6-9(17-10)12(13,14)15/h6-7H,4-5,8H2,1-3H3,(H,19,21)(H,16,17,18). The van der Waals surface area contributed by atoms with Gasteiger partial charge in [0.25, 0.3) is 0 Å². The van der Waals surface area contributed by atoms with Gasteiger partial charge in [0.15, 0.2) is 0 Å². The number of carbonyl (C=O) groups is 1. The third-order valence-electron chi connectivity index (χ3n) is 2.61. The first-order valence-electron chi connectivity index (χ1n) is 7.16. The lowest BCUT2D eigenvalue weighted by Gasteiger charge is -2.23. The van der Waals surface area contributed by atoms with Crippen molar-refractivity contribution < 1.29 is 31.6 Å². The highest BCUT2D eigenvalue weighted by molar-refractivity contribution is 7.53. The fourth-order valence-corrected chi connectivity index (χ4v) is 3.29. The Balaban J connectivity index is 2.65. The molecule has 0 saturated heterocycles. The van der Waals surface area contributed by atoms with E-state index in [1.807, 2.05) is 0 Å². The van der Waals surface area contributed by atoms with Gasteiger partial charge in [-0.3, -0.25) is 9.99 Å². The molecule has 142 valence electrons. The zero-order valence-electron chi connectivity index (χ0n) is 13.8. The maximum absolute atomic E-state index is 12.6. The van der Waals surface area contributed by atoms with Crippen LogP contribution < -0.4 is 10.9 Å². The van der Waals surface area contributed by atoms with Crippen LogP contribution in [0.25, 0.3) is 0 Å². The third kappa shape index (κ3) is 6.85. The van der Waals surface area contributed by atoms with E-state index in [2.05, 4.69) is 20.8 Å². The Hall–Kier alpha value is -1.91. The van der Waals surface area contributed by atoms with Gasteiger partial charge in [-0.05, 0) is 19.9 Å². The molecule has 0 radical (unpaired) electrons. The van der Waals surface area contributed by atoms with Gasteiger partial charge in [0.2, 0.25) is 5.95 Å². The van der Waals surface area contributed by atoms with Crippen LogP contribution in [0.15, 0.2) is 12.3 Å². The molecular formula is C12H19F3N5O4P. The number of alkyl halides is 3. The number of nitrogens with zero attached hydrogens (tertiary/aromatic N) is 3. The lowest BCUT2D eigenvalue weighted by atomic mass is 10.4. The minimum atomic E-state index is -4.64. The first-order valence-corrected chi connectivity index (χ1v) is 8.89. The van der Waals surface area contributed by atoms with E-state index in [0.29, 0.717) is 6.07 Å². The van der Waals surface area contributed by atoms with Crippen LogP contribution in [-0.2, 0) is 19.8 Å². The SMILES string of the molecule is CCOP(=O)(CN(C)C(=O)NNc1nccc(C(F)(F)F)n1)OCC. The van der Waals surface area contributed by atoms with E-state index in [1.165, 1.54) is 7.05 Å². The third-order valence-corrected chi connectivity index (χ3v) is 4.68. The van der Waals surface area contributed by atoms with Gasteiger partial charge in [0.05, 0.1) is 13.2 Å². The Morgan fingerprint density at radius 2 is 1.92 bits per heavy atom. The lowest BCUT2D eigenvalue weighted by molar-refractivity contribution is -0.141. The summed E-state index contributed by atoms with van der Waals surface area (Å²) in [6, 6.07) is -0.0971. The molecule has 1 aromatic heterocycles. The fourth-order valence-electron chi connectivity index (χ4n) is 1.62. The normalized spacial score (nSPS) is 11.9. The number of aromatic nitrogens is 2. The lowest BCUT2D eigenvalue weighted by Crippen LogP contribution is -2.41. The molecule has 9 nitrogen and oxygen atoms in total. The number of urea groups is 1. The van der Waals surface area contributed by atoms with Crippen molar-refractivity contribution in [2.24, 2.45) is 0 Å². The Morgan fingerprint density at radius 1 is 1.32 bits per heavy atom. The Morgan fingerprint density at radius 3 is 2.44 bits per heavy atom. The van der Waals surface area contributed by atoms with E-state index in [-0.39, 0.29) is 19.5 Å². The van der Waals surface area contributed by atoms with Gasteiger partial charge in [0.1, 0.15) is 12.0 Å². The summed E-state index contributed by atoms with van der Waals surface area (Å²) in [6.45, 7) is 3.50. The summed E-state index contributed by atoms with van der Waals surface area (Å²) in [7, 11) is -2.18. The molecule has 0 atom stereocenters. The van der Waals surface area contributed by atoms with Crippen molar-refractivity contribution in [3.05, 3.63) is 18.0 Å². The number of rotatable bonds is 8. The summed E-state index contributed by atoms with van der Waals surface area (Å²) in [5.41, 5.74) is 3.09. The molecule has 0 saturated carbocycles. The van der Waals surface area contributed by atoms with E-state index in [4.69, 9.17) is 9.05 Å². The monoisotopic (exact) mass is 385 g/mol. The van der Waals surface area contributed by atoms with Gasteiger partial charge in [-0.2, -0.15) is 13.2 Å². The average Bonchev–Trinajstić information content (AvgIpc) is 2.52. The van der Waals surface area contributed by atoms with Crippen LogP contribution in [-0.4, -0.2) is 47.4 Å². The second-order valence-corrected chi connectivity index (χ2v) is 6.63. The highest BCUT2D eigenvalue weighted by Crippen LogP contribution is 2.48. The van der Waals surface area contributed by atoms with Crippen LogP contribution in [0.2, 0.25) is 0 Å². The molecule has 1 aromatic rings. The molecule has 25 heavy (non-hydrogen) atoms. The number of nitrogens with one attached hydrogen (secondary N) is 2. The number of hydrogen-bond donors (Lipinski definition) is 2. The number of hydrogen-bond acceptors (Lipinski definition) is 7. The molecule has 2 N–H and O–H groups in total. The summed E-state index contributed by atoms with van der Waals surface area (Å²) in [5, 5.41) is 0. The predicted octanol–water partition coefficient (Wildman–Crippen LogP) is 2.69. The number of hydrazine groups is 1. The topological polar surface area (TPSA) is 106 Å². The summed E-state index contributed by atoms with van der Waals surface area (Å²) >= 11 is 0. The van der Waals surface area contributed by atoms with Crippen LogP contribution in [0, 0.1) is 0 Å². The van der Waals surface area contributed by atoms with E-state index in [9.17, 15) is 22.5 Å².